The van der Waals surface area contributed by atoms with Crippen LogP contribution in [0.2, 0.25) is 0 Å². The van der Waals surface area contributed by atoms with Gasteiger partial charge in [0.25, 0.3) is 11.8 Å². The summed E-state index contributed by atoms with van der Waals surface area (Å²) in [4.78, 5) is 25.2. The fourth-order valence-corrected chi connectivity index (χ4v) is 2.11. The molecule has 1 aliphatic heterocycles. The van der Waals surface area contributed by atoms with Gasteiger partial charge in [0, 0.05) is 20.3 Å². The normalized spacial score (nSPS) is 15.4. The number of benzene rings is 1. The average Bonchev–Trinajstić information content (AvgIpc) is 2.64. The Hall–Kier alpha value is -2.14. The Morgan fingerprint density at radius 3 is 2.40 bits per heavy atom. The molecular weight excluding hydrogens is 258 g/mol. The Kier molecular flexibility index (Phi) is 4.20. The number of nitrogens with zero attached hydrogens (tertiary/aromatic N) is 1. The van der Waals surface area contributed by atoms with E-state index in [1.807, 2.05) is 19.1 Å². The number of hydrogen-bond donors (Lipinski definition) is 1. The number of imide groups is 1. The van der Waals surface area contributed by atoms with Crippen LogP contribution >= 0.6 is 0 Å². The number of amides is 2. The van der Waals surface area contributed by atoms with E-state index in [1.165, 1.54) is 0 Å². The van der Waals surface area contributed by atoms with Crippen LogP contribution in [0.25, 0.3) is 5.57 Å². The van der Waals surface area contributed by atoms with E-state index in [-0.39, 0.29) is 12.1 Å². The number of ether oxygens (including phenoxy) is 1. The van der Waals surface area contributed by atoms with Crippen LogP contribution in [0.1, 0.15) is 17.5 Å². The summed E-state index contributed by atoms with van der Waals surface area (Å²) in [5, 5.41) is 9.91. The number of hydrogen-bond acceptors (Lipinski definition) is 4. The highest BCUT2D eigenvalue weighted by molar-refractivity contribution is 6.34. The maximum absolute atomic E-state index is 12.3. The standard InChI is InChI=1S/C15H17NO4/c1-10-4-6-11(7-5-10)12-13(17)15(19)16(14(12)18)8-3-9-20-2/h4-7,17H,3,8-9H2,1-2H3. The number of methoxy groups -OCH3 is 1. The van der Waals surface area contributed by atoms with Gasteiger partial charge in [-0.15, -0.1) is 0 Å². The molecule has 1 N–H and O–H groups in total. The van der Waals surface area contributed by atoms with E-state index in [2.05, 4.69) is 0 Å². The number of carbonyl (C=O) groups excluding carboxylic acids is 2. The summed E-state index contributed by atoms with van der Waals surface area (Å²) < 4.78 is 4.90. The smallest absolute Gasteiger partial charge is 0.296 e. The van der Waals surface area contributed by atoms with Gasteiger partial charge in [0.05, 0.1) is 5.57 Å². The molecule has 1 heterocycles. The summed E-state index contributed by atoms with van der Waals surface area (Å²) in [5.74, 6) is -1.56. The molecule has 20 heavy (non-hydrogen) atoms. The number of carbonyl (C=O) groups is 2. The van der Waals surface area contributed by atoms with Gasteiger partial charge in [0.2, 0.25) is 0 Å². The molecule has 0 aliphatic carbocycles. The monoisotopic (exact) mass is 275 g/mol. The van der Waals surface area contributed by atoms with Crippen LogP contribution in [0.4, 0.5) is 0 Å². The van der Waals surface area contributed by atoms with Gasteiger partial charge in [-0.2, -0.15) is 0 Å². The second-order valence-corrected chi connectivity index (χ2v) is 4.70. The van der Waals surface area contributed by atoms with Crippen LogP contribution in [0.5, 0.6) is 0 Å². The quantitative estimate of drug-likeness (QED) is 0.655. The van der Waals surface area contributed by atoms with Gasteiger partial charge < -0.3 is 9.84 Å². The zero-order valence-corrected chi connectivity index (χ0v) is 11.5. The highest BCUT2D eigenvalue weighted by Crippen LogP contribution is 2.28. The van der Waals surface area contributed by atoms with Crippen molar-refractivity contribution in [1.82, 2.24) is 4.90 Å². The Bertz CT molecular complexity index is 560. The fourth-order valence-electron chi connectivity index (χ4n) is 2.11. The second-order valence-electron chi connectivity index (χ2n) is 4.70. The summed E-state index contributed by atoms with van der Waals surface area (Å²) >= 11 is 0. The Balaban J connectivity index is 2.23. The van der Waals surface area contributed by atoms with Gasteiger partial charge in [-0.3, -0.25) is 14.5 Å². The van der Waals surface area contributed by atoms with Crippen LogP contribution in [0, 0.1) is 6.92 Å². The molecule has 0 spiro atoms. The number of aryl methyl sites for hydroxylation is 1. The molecule has 0 saturated heterocycles. The molecule has 0 unspecified atom stereocenters. The first kappa shape index (κ1) is 14.3. The number of aliphatic hydroxyl groups excluding tert-OH is 1. The van der Waals surface area contributed by atoms with E-state index in [0.29, 0.717) is 18.6 Å². The summed E-state index contributed by atoms with van der Waals surface area (Å²) in [6.07, 6.45) is 0.544. The lowest BCUT2D eigenvalue weighted by molar-refractivity contribution is -0.138. The maximum atomic E-state index is 12.3. The highest BCUT2D eigenvalue weighted by atomic mass is 16.5. The Morgan fingerprint density at radius 1 is 1.15 bits per heavy atom. The Labute approximate surface area is 117 Å². The lowest BCUT2D eigenvalue weighted by atomic mass is 10.0. The molecule has 1 aliphatic rings. The third kappa shape index (κ3) is 2.58. The average molecular weight is 275 g/mol. The van der Waals surface area contributed by atoms with Gasteiger partial charge in [-0.25, -0.2) is 0 Å². The molecule has 0 atom stereocenters. The van der Waals surface area contributed by atoms with Gasteiger partial charge >= 0.3 is 0 Å². The molecule has 2 rings (SSSR count). The van der Waals surface area contributed by atoms with Crippen molar-refractivity contribution in [2.24, 2.45) is 0 Å². The topological polar surface area (TPSA) is 66.8 Å². The van der Waals surface area contributed by atoms with Crippen LogP contribution in [-0.2, 0) is 14.3 Å². The number of rotatable bonds is 5. The molecule has 106 valence electrons. The third-order valence-corrected chi connectivity index (χ3v) is 3.21. The van der Waals surface area contributed by atoms with Crippen molar-refractivity contribution in [3.63, 3.8) is 0 Å². The second kappa shape index (κ2) is 5.88. The predicted molar refractivity (Wildman–Crippen MR) is 73.9 cm³/mol. The minimum Gasteiger partial charge on any atom is -0.502 e. The van der Waals surface area contributed by atoms with E-state index in [9.17, 15) is 14.7 Å². The zero-order chi connectivity index (χ0) is 14.7. The summed E-state index contributed by atoms with van der Waals surface area (Å²) in [5.41, 5.74) is 1.68. The molecule has 0 bridgehead atoms. The SMILES string of the molecule is COCCCN1C(=O)C(O)=C(c2ccc(C)cc2)C1=O. The van der Waals surface area contributed by atoms with Gasteiger partial charge in [-0.05, 0) is 18.9 Å². The fraction of sp³-hybridized carbons (Fsp3) is 0.333. The van der Waals surface area contributed by atoms with Gasteiger partial charge in [-0.1, -0.05) is 29.8 Å². The van der Waals surface area contributed by atoms with E-state index in [1.54, 1.807) is 19.2 Å². The van der Waals surface area contributed by atoms with Crippen molar-refractivity contribution in [3.8, 4) is 0 Å². The van der Waals surface area contributed by atoms with Gasteiger partial charge in [0.1, 0.15) is 0 Å². The lowest BCUT2D eigenvalue weighted by Crippen LogP contribution is -2.33. The van der Waals surface area contributed by atoms with Crippen molar-refractivity contribution in [3.05, 3.63) is 41.2 Å². The first-order valence-electron chi connectivity index (χ1n) is 6.41. The molecule has 0 fully saturated rings. The summed E-state index contributed by atoms with van der Waals surface area (Å²) in [7, 11) is 1.56. The minimum atomic E-state index is -0.637. The molecule has 0 saturated carbocycles. The predicted octanol–water partition coefficient (Wildman–Crippen LogP) is 1.67. The minimum absolute atomic E-state index is 0.0763. The Morgan fingerprint density at radius 2 is 1.80 bits per heavy atom. The van der Waals surface area contributed by atoms with Crippen molar-refractivity contribution < 1.29 is 19.4 Å². The molecule has 0 aromatic heterocycles. The molecule has 1 aromatic rings. The van der Waals surface area contributed by atoms with Crippen LogP contribution in [0.15, 0.2) is 30.0 Å². The first-order chi connectivity index (χ1) is 9.56. The van der Waals surface area contributed by atoms with Crippen LogP contribution in [0.3, 0.4) is 0 Å². The molecule has 2 amide bonds. The summed E-state index contributed by atoms with van der Waals surface area (Å²) in [6.45, 7) is 2.62. The molecule has 5 nitrogen and oxygen atoms in total. The highest BCUT2D eigenvalue weighted by Gasteiger charge is 2.38. The molecule has 1 aromatic carbocycles. The largest absolute Gasteiger partial charge is 0.502 e. The first-order valence-corrected chi connectivity index (χ1v) is 6.41. The van der Waals surface area contributed by atoms with Crippen molar-refractivity contribution in [2.45, 2.75) is 13.3 Å². The molecule has 5 heteroatoms. The molecular formula is C15H17NO4. The van der Waals surface area contributed by atoms with Crippen molar-refractivity contribution in [2.75, 3.05) is 20.3 Å². The lowest BCUT2D eigenvalue weighted by Gasteiger charge is -2.13. The van der Waals surface area contributed by atoms with E-state index >= 15 is 0 Å². The van der Waals surface area contributed by atoms with E-state index < -0.39 is 17.6 Å². The van der Waals surface area contributed by atoms with E-state index in [4.69, 9.17) is 4.74 Å². The van der Waals surface area contributed by atoms with Crippen molar-refractivity contribution in [1.29, 1.82) is 0 Å². The molecule has 0 radical (unpaired) electrons. The summed E-state index contributed by atoms with van der Waals surface area (Å²) in [6, 6.07) is 7.12. The third-order valence-electron chi connectivity index (χ3n) is 3.21. The maximum Gasteiger partial charge on any atom is 0.296 e. The number of aliphatic hydroxyl groups is 1. The van der Waals surface area contributed by atoms with Crippen LogP contribution in [-0.4, -0.2) is 42.1 Å². The van der Waals surface area contributed by atoms with Crippen LogP contribution < -0.4 is 0 Å². The van der Waals surface area contributed by atoms with Gasteiger partial charge in [0.15, 0.2) is 5.76 Å². The van der Waals surface area contributed by atoms with E-state index in [0.717, 1.165) is 10.5 Å². The van der Waals surface area contributed by atoms with Crippen molar-refractivity contribution >= 4 is 17.4 Å². The zero-order valence-electron chi connectivity index (χ0n) is 11.5.